The topological polar surface area (TPSA) is 64.7 Å². The van der Waals surface area contributed by atoms with Gasteiger partial charge >= 0.3 is 0 Å². The highest BCUT2D eigenvalue weighted by Gasteiger charge is 2.51. The van der Waals surface area contributed by atoms with Gasteiger partial charge in [0.2, 0.25) is 5.91 Å². The van der Waals surface area contributed by atoms with Gasteiger partial charge < -0.3 is 20.4 Å². The molecule has 3 aliphatic heterocycles. The van der Waals surface area contributed by atoms with E-state index in [9.17, 15) is 9.59 Å². The van der Waals surface area contributed by atoms with E-state index in [1.807, 2.05) is 18.2 Å². The monoisotopic (exact) mass is 410 g/mol. The van der Waals surface area contributed by atoms with E-state index in [4.69, 9.17) is 0 Å². The van der Waals surface area contributed by atoms with Crippen molar-refractivity contribution >= 4 is 17.4 Å². The molecule has 1 aromatic carbocycles. The van der Waals surface area contributed by atoms with Gasteiger partial charge in [-0.3, -0.25) is 9.59 Å². The first-order valence-corrected chi connectivity index (χ1v) is 11.8. The van der Waals surface area contributed by atoms with Gasteiger partial charge in [-0.25, -0.2) is 0 Å². The van der Waals surface area contributed by atoms with Gasteiger partial charge in [-0.1, -0.05) is 18.2 Å². The lowest BCUT2D eigenvalue weighted by molar-refractivity contribution is -0.127. The van der Waals surface area contributed by atoms with E-state index >= 15 is 0 Å². The number of para-hydroxylation sites is 1. The molecule has 6 heteroatoms. The summed E-state index contributed by atoms with van der Waals surface area (Å²) in [6.45, 7) is 3.52. The van der Waals surface area contributed by atoms with Gasteiger partial charge in [0.1, 0.15) is 5.54 Å². The van der Waals surface area contributed by atoms with Crippen LogP contribution in [-0.4, -0.2) is 60.5 Å². The summed E-state index contributed by atoms with van der Waals surface area (Å²) in [6.07, 6.45) is 8.19. The van der Waals surface area contributed by atoms with Crippen molar-refractivity contribution in [2.45, 2.75) is 69.0 Å². The Balaban J connectivity index is 1.18. The minimum atomic E-state index is -0.404. The number of nitrogens with zero attached hydrogens (tertiary/aromatic N) is 2. The maximum absolute atomic E-state index is 12.8. The van der Waals surface area contributed by atoms with Crippen LogP contribution in [-0.2, 0) is 9.59 Å². The van der Waals surface area contributed by atoms with Crippen molar-refractivity contribution < 1.29 is 9.59 Å². The fourth-order valence-electron chi connectivity index (χ4n) is 6.23. The first-order valence-electron chi connectivity index (χ1n) is 11.8. The maximum atomic E-state index is 12.8. The Labute approximate surface area is 179 Å². The fraction of sp³-hybridized carbons (Fsp3) is 0.667. The second kappa shape index (κ2) is 8.31. The van der Waals surface area contributed by atoms with Crippen LogP contribution in [0.25, 0.3) is 0 Å². The summed E-state index contributed by atoms with van der Waals surface area (Å²) >= 11 is 0. The van der Waals surface area contributed by atoms with Crippen LogP contribution < -0.4 is 15.5 Å². The van der Waals surface area contributed by atoms with Crippen LogP contribution in [0.4, 0.5) is 5.69 Å². The molecule has 3 saturated heterocycles. The smallest absolute Gasteiger partial charge is 0.247 e. The van der Waals surface area contributed by atoms with Crippen LogP contribution in [0, 0.1) is 5.92 Å². The molecule has 162 valence electrons. The summed E-state index contributed by atoms with van der Waals surface area (Å²) in [4.78, 5) is 30.4. The zero-order chi connectivity index (χ0) is 20.6. The van der Waals surface area contributed by atoms with E-state index in [0.717, 1.165) is 76.7 Å². The number of benzene rings is 1. The molecule has 30 heavy (non-hydrogen) atoms. The molecule has 3 heterocycles. The van der Waals surface area contributed by atoms with Gasteiger partial charge in [-0.05, 0) is 70.0 Å². The minimum absolute atomic E-state index is 0.117. The van der Waals surface area contributed by atoms with Gasteiger partial charge in [0.25, 0.3) is 0 Å². The summed E-state index contributed by atoms with van der Waals surface area (Å²) in [6, 6.07) is 11.0. The highest BCUT2D eigenvalue weighted by atomic mass is 16.2. The Morgan fingerprint density at radius 1 is 1.00 bits per heavy atom. The zero-order valence-electron chi connectivity index (χ0n) is 17.8. The highest BCUT2D eigenvalue weighted by molar-refractivity contribution is 5.93. The number of likely N-dealkylation sites (tertiary alicyclic amines) is 1. The molecule has 0 aromatic heterocycles. The molecule has 5 rings (SSSR count). The number of anilines is 1. The van der Waals surface area contributed by atoms with E-state index in [1.165, 1.54) is 0 Å². The quantitative estimate of drug-likeness (QED) is 0.797. The van der Waals surface area contributed by atoms with Crippen LogP contribution >= 0.6 is 0 Å². The van der Waals surface area contributed by atoms with E-state index in [1.54, 1.807) is 0 Å². The second-order valence-electron chi connectivity index (χ2n) is 9.55. The number of hydrogen-bond donors (Lipinski definition) is 2. The molecule has 1 saturated carbocycles. The normalized spacial score (nSPS) is 31.8. The lowest BCUT2D eigenvalue weighted by Crippen LogP contribution is -2.58. The lowest BCUT2D eigenvalue weighted by atomic mass is 9.79. The molecule has 0 bridgehead atoms. The van der Waals surface area contributed by atoms with E-state index < -0.39 is 5.54 Å². The second-order valence-corrected chi connectivity index (χ2v) is 9.55. The predicted molar refractivity (Wildman–Crippen MR) is 117 cm³/mol. The molecular formula is C24H34N4O2. The first-order chi connectivity index (χ1) is 14.7. The van der Waals surface area contributed by atoms with Crippen LogP contribution in [0.1, 0.15) is 51.4 Å². The van der Waals surface area contributed by atoms with Gasteiger partial charge in [-0.2, -0.15) is 0 Å². The fourth-order valence-corrected chi connectivity index (χ4v) is 6.23. The van der Waals surface area contributed by atoms with Gasteiger partial charge in [-0.15, -0.1) is 0 Å². The predicted octanol–water partition coefficient (Wildman–Crippen LogP) is 2.29. The number of ketones is 1. The third-order valence-corrected chi connectivity index (χ3v) is 8.05. The minimum Gasteiger partial charge on any atom is -0.339 e. The Morgan fingerprint density at radius 3 is 2.40 bits per heavy atom. The van der Waals surface area contributed by atoms with Crippen molar-refractivity contribution in [1.29, 1.82) is 0 Å². The average Bonchev–Trinajstić information content (AvgIpc) is 3.44. The summed E-state index contributed by atoms with van der Waals surface area (Å²) in [5, 5.41) is 6.47. The Hall–Kier alpha value is -1.92. The van der Waals surface area contributed by atoms with Crippen LogP contribution in [0.5, 0.6) is 0 Å². The zero-order valence-corrected chi connectivity index (χ0v) is 17.8. The van der Waals surface area contributed by atoms with Crippen molar-refractivity contribution in [3.63, 3.8) is 0 Å². The lowest BCUT2D eigenvalue weighted by Gasteiger charge is -2.46. The summed E-state index contributed by atoms with van der Waals surface area (Å²) in [5.74, 6) is 0.899. The number of hydrogen-bond acceptors (Lipinski definition) is 5. The summed E-state index contributed by atoms with van der Waals surface area (Å²) < 4.78 is 0. The maximum Gasteiger partial charge on any atom is 0.247 e. The van der Waals surface area contributed by atoms with Crippen molar-refractivity contribution in [3.8, 4) is 0 Å². The van der Waals surface area contributed by atoms with Crippen molar-refractivity contribution in [2.75, 3.05) is 31.2 Å². The number of amides is 1. The van der Waals surface area contributed by atoms with Crippen molar-refractivity contribution in [1.82, 2.24) is 15.5 Å². The standard InChI is InChI=1S/C24H34N4O2/c29-22(21-7-4-14-25-21)18-8-10-19(11-9-18)27-15-12-24(13-16-27)23(30)26-17-28(24)20-5-2-1-3-6-20/h1-3,5-6,18-19,21,25H,4,7-17H2,(H,26,30). The van der Waals surface area contributed by atoms with Crippen LogP contribution in [0.3, 0.4) is 0 Å². The summed E-state index contributed by atoms with van der Waals surface area (Å²) in [7, 11) is 0. The molecule has 4 aliphatic rings. The van der Waals surface area contributed by atoms with Crippen molar-refractivity contribution in [3.05, 3.63) is 30.3 Å². The van der Waals surface area contributed by atoms with Gasteiger partial charge in [0.05, 0.1) is 12.7 Å². The van der Waals surface area contributed by atoms with Crippen LogP contribution in [0.2, 0.25) is 0 Å². The Kier molecular flexibility index (Phi) is 5.54. The molecule has 1 unspecified atom stereocenters. The molecule has 1 aromatic rings. The molecule has 2 N–H and O–H groups in total. The summed E-state index contributed by atoms with van der Waals surface area (Å²) in [5.41, 5.74) is 0.725. The molecule has 1 aliphatic carbocycles. The number of piperidine rings is 1. The third kappa shape index (κ3) is 3.54. The SMILES string of the molecule is O=C(C1CCC(N2CCC3(CC2)C(=O)NCN3c2ccccc2)CC1)C1CCCN1. The molecule has 1 atom stereocenters. The van der Waals surface area contributed by atoms with Crippen LogP contribution in [0.15, 0.2) is 30.3 Å². The number of Topliss-reactive ketones (excluding diaryl/α,β-unsaturated/α-hetero) is 1. The molecule has 6 nitrogen and oxygen atoms in total. The third-order valence-electron chi connectivity index (χ3n) is 8.05. The number of carbonyl (C=O) groups excluding carboxylic acids is 2. The average molecular weight is 411 g/mol. The van der Waals surface area contributed by atoms with Gasteiger partial charge in [0, 0.05) is 30.7 Å². The van der Waals surface area contributed by atoms with Gasteiger partial charge in [0.15, 0.2) is 5.78 Å². The molecule has 1 spiro atoms. The number of rotatable bonds is 4. The Bertz CT molecular complexity index is 761. The Morgan fingerprint density at radius 2 is 1.73 bits per heavy atom. The van der Waals surface area contributed by atoms with E-state index in [-0.39, 0.29) is 17.9 Å². The molecule has 4 fully saturated rings. The largest absolute Gasteiger partial charge is 0.339 e. The van der Waals surface area contributed by atoms with Crippen molar-refractivity contribution in [2.24, 2.45) is 5.92 Å². The van der Waals surface area contributed by atoms with E-state index in [2.05, 4.69) is 32.6 Å². The molecular weight excluding hydrogens is 376 g/mol. The highest BCUT2D eigenvalue weighted by Crippen LogP contribution is 2.38. The first kappa shape index (κ1) is 20.0. The number of carbonyl (C=O) groups is 2. The molecule has 1 amide bonds. The number of nitrogens with one attached hydrogen (secondary N) is 2. The molecule has 0 radical (unpaired) electrons. The van der Waals surface area contributed by atoms with E-state index in [0.29, 0.717) is 18.5 Å².